The summed E-state index contributed by atoms with van der Waals surface area (Å²) in [5.41, 5.74) is 27.7. The summed E-state index contributed by atoms with van der Waals surface area (Å²) in [7, 11) is 0. The summed E-state index contributed by atoms with van der Waals surface area (Å²) in [5.74, 6) is 0. The van der Waals surface area contributed by atoms with E-state index in [1.165, 1.54) is 143 Å². The quantitative estimate of drug-likeness (QED) is 0.162. The van der Waals surface area contributed by atoms with Gasteiger partial charge in [0, 0.05) is 70.4 Å². The largest absolute Gasteiger partial charge is 0.311 e. The zero-order valence-corrected chi connectivity index (χ0v) is 46.3. The van der Waals surface area contributed by atoms with Crippen LogP contribution in [0.15, 0.2) is 206 Å². The maximum absolute atomic E-state index is 2.70. The molecular weight excluding hydrogens is 948 g/mol. The lowest BCUT2D eigenvalue weighted by Crippen LogP contribution is -2.62. The number of nitrogens with zero attached hydrogens (tertiary/aromatic N) is 2. The molecule has 0 unspecified atom stereocenters. The van der Waals surface area contributed by atoms with E-state index in [-0.39, 0.29) is 28.4 Å². The normalized spacial score (nSPS) is 16.5. The van der Waals surface area contributed by atoms with E-state index in [0.29, 0.717) is 0 Å². The predicted octanol–water partition coefficient (Wildman–Crippen LogP) is 17.7. The Balaban J connectivity index is 1.11. The molecule has 0 N–H and O–H groups in total. The molecule has 77 heavy (non-hydrogen) atoms. The molecule has 3 heterocycles. The minimum atomic E-state index is -0.258. The number of thiophene rings is 1. The molecule has 10 aromatic carbocycles. The van der Waals surface area contributed by atoms with Crippen LogP contribution in [0.3, 0.4) is 0 Å². The Kier molecular flexibility index (Phi) is 9.68. The van der Waals surface area contributed by atoms with Crippen LogP contribution < -0.4 is 26.2 Å². The van der Waals surface area contributed by atoms with Crippen molar-refractivity contribution < 1.29 is 0 Å². The van der Waals surface area contributed by atoms with Gasteiger partial charge in [-0.05, 0) is 144 Å². The standard InChI is InChI=1S/C73H61BN2S/c1-44-23-13-14-26-48(44)46-37-65-69-66(38-46)76(62-33-21-15-27-49(62)45-24-11-10-12-25-45)64-43-68-51(50-28-16-22-34-67(50)77-68)40-60(64)74(69)61-41-58-59(73(8,9)55-32-20-19-31-54(55)72(58,6)7)42-63(61)75(65)47-35-36-56-57(39-47)71(4,5)53-30-18-17-29-52(53)70(56,2)3/h10-43H,1-9H3. The molecule has 0 saturated heterocycles. The van der Waals surface area contributed by atoms with E-state index in [4.69, 9.17) is 0 Å². The Morgan fingerprint density at radius 3 is 1.52 bits per heavy atom. The van der Waals surface area contributed by atoms with Crippen LogP contribution in [0.5, 0.6) is 0 Å². The zero-order chi connectivity index (χ0) is 52.5. The fourth-order valence-corrected chi connectivity index (χ4v) is 16.0. The van der Waals surface area contributed by atoms with Gasteiger partial charge in [0.1, 0.15) is 0 Å². The molecule has 4 heteroatoms. The van der Waals surface area contributed by atoms with Crippen LogP contribution in [-0.4, -0.2) is 6.71 Å². The molecule has 15 rings (SSSR count). The maximum atomic E-state index is 2.70. The Labute approximate surface area is 458 Å². The highest BCUT2D eigenvalue weighted by atomic mass is 32.1. The first-order chi connectivity index (χ1) is 37.1. The molecule has 0 atom stereocenters. The Morgan fingerprint density at radius 1 is 0.338 bits per heavy atom. The van der Waals surface area contributed by atoms with Crippen molar-refractivity contribution in [3.8, 4) is 22.3 Å². The van der Waals surface area contributed by atoms with Crippen molar-refractivity contribution >= 4 is 88.7 Å². The highest BCUT2D eigenvalue weighted by Crippen LogP contribution is 2.56. The number of anilines is 6. The van der Waals surface area contributed by atoms with E-state index in [0.717, 1.165) is 0 Å². The van der Waals surface area contributed by atoms with Gasteiger partial charge in [-0.25, -0.2) is 0 Å². The van der Waals surface area contributed by atoms with Gasteiger partial charge in [-0.1, -0.05) is 213 Å². The van der Waals surface area contributed by atoms with Gasteiger partial charge in [0.15, 0.2) is 0 Å². The van der Waals surface area contributed by atoms with E-state index < -0.39 is 0 Å². The van der Waals surface area contributed by atoms with Crippen LogP contribution in [0.1, 0.15) is 105 Å². The van der Waals surface area contributed by atoms with E-state index in [1.807, 2.05) is 11.3 Å². The van der Waals surface area contributed by atoms with Gasteiger partial charge in [-0.3, -0.25) is 0 Å². The van der Waals surface area contributed by atoms with Crippen LogP contribution in [0.25, 0.3) is 42.4 Å². The number of fused-ring (bicyclic) bond motifs is 11. The molecule has 11 aromatic rings. The van der Waals surface area contributed by atoms with E-state index >= 15 is 0 Å². The first-order valence-corrected chi connectivity index (χ1v) is 28.4. The predicted molar refractivity (Wildman–Crippen MR) is 330 cm³/mol. The summed E-state index contributed by atoms with van der Waals surface area (Å²) < 4.78 is 2.61. The first-order valence-electron chi connectivity index (χ1n) is 27.6. The third-order valence-electron chi connectivity index (χ3n) is 18.9. The van der Waals surface area contributed by atoms with Gasteiger partial charge in [0.25, 0.3) is 6.71 Å². The van der Waals surface area contributed by atoms with Crippen LogP contribution in [-0.2, 0) is 21.7 Å². The maximum Gasteiger partial charge on any atom is 0.252 e. The Hall–Kier alpha value is -7.92. The fraction of sp³-hybridized carbons (Fsp3) is 0.178. The zero-order valence-electron chi connectivity index (χ0n) is 45.5. The number of aryl methyl sites for hydroxylation is 1. The molecule has 2 aliphatic heterocycles. The summed E-state index contributed by atoms with van der Waals surface area (Å²) >= 11 is 1.91. The molecule has 0 fully saturated rings. The molecule has 372 valence electrons. The highest BCUT2D eigenvalue weighted by Gasteiger charge is 2.49. The van der Waals surface area contributed by atoms with Crippen molar-refractivity contribution in [2.45, 2.75) is 84.0 Å². The summed E-state index contributed by atoms with van der Waals surface area (Å²) in [6.07, 6.45) is 0. The van der Waals surface area contributed by atoms with Crippen molar-refractivity contribution in [2.75, 3.05) is 9.80 Å². The molecule has 0 radical (unpaired) electrons. The smallest absolute Gasteiger partial charge is 0.252 e. The lowest BCUT2D eigenvalue weighted by molar-refractivity contribution is 0.520. The third-order valence-corrected chi connectivity index (χ3v) is 20.0. The molecule has 0 spiro atoms. The molecule has 0 amide bonds. The third kappa shape index (κ3) is 6.37. The molecule has 4 aliphatic rings. The average Bonchev–Trinajstić information content (AvgIpc) is 3.98. The molecule has 2 nitrogen and oxygen atoms in total. The van der Waals surface area contributed by atoms with Gasteiger partial charge in [0.2, 0.25) is 0 Å². The number of rotatable bonds is 4. The first kappa shape index (κ1) is 46.4. The Bertz CT molecular complexity index is 4320. The van der Waals surface area contributed by atoms with E-state index in [2.05, 4.69) is 278 Å². The molecule has 0 saturated carbocycles. The minimum absolute atomic E-state index is 0.0865. The van der Waals surface area contributed by atoms with E-state index in [1.54, 1.807) is 0 Å². The van der Waals surface area contributed by atoms with Crippen molar-refractivity contribution in [3.63, 3.8) is 0 Å². The number of hydrogen-bond donors (Lipinski definition) is 0. The summed E-state index contributed by atoms with van der Waals surface area (Å²) in [6.45, 7) is 21.7. The molecule has 1 aromatic heterocycles. The van der Waals surface area contributed by atoms with Crippen molar-refractivity contribution in [1.82, 2.24) is 0 Å². The minimum Gasteiger partial charge on any atom is -0.311 e. The highest BCUT2D eigenvalue weighted by molar-refractivity contribution is 7.26. The number of hydrogen-bond acceptors (Lipinski definition) is 3. The fourth-order valence-electron chi connectivity index (χ4n) is 14.9. The van der Waals surface area contributed by atoms with Gasteiger partial charge >= 0.3 is 0 Å². The van der Waals surface area contributed by atoms with Gasteiger partial charge < -0.3 is 9.80 Å². The second-order valence-electron chi connectivity index (χ2n) is 24.5. The lowest BCUT2D eigenvalue weighted by Gasteiger charge is -2.48. The van der Waals surface area contributed by atoms with Crippen molar-refractivity contribution in [3.05, 3.63) is 256 Å². The summed E-state index contributed by atoms with van der Waals surface area (Å²) in [5, 5.41) is 2.63. The molecular formula is C73H61BN2S. The van der Waals surface area contributed by atoms with Gasteiger partial charge in [0.05, 0.1) is 5.69 Å². The van der Waals surface area contributed by atoms with Crippen LogP contribution in [0.2, 0.25) is 0 Å². The SMILES string of the molecule is Cc1ccccc1-c1cc2c3c(c1)N(c1ccccc1-c1ccccc1)c1cc4sc5ccccc5c4cc1B3c1cc3c(cc1N2c1ccc2c(c1)C(C)(C)c1ccccc1C2(C)C)C(C)(C)c1ccccc1C3(C)C. The second-order valence-corrected chi connectivity index (χ2v) is 25.6. The van der Waals surface area contributed by atoms with Gasteiger partial charge in [-0.15, -0.1) is 11.3 Å². The van der Waals surface area contributed by atoms with Crippen molar-refractivity contribution in [2.24, 2.45) is 0 Å². The summed E-state index contributed by atoms with van der Waals surface area (Å²) in [6, 6.07) is 79.6. The summed E-state index contributed by atoms with van der Waals surface area (Å²) in [4.78, 5) is 5.35. The van der Waals surface area contributed by atoms with Crippen LogP contribution in [0, 0.1) is 6.92 Å². The van der Waals surface area contributed by atoms with Crippen molar-refractivity contribution in [1.29, 1.82) is 0 Å². The molecule has 0 bridgehead atoms. The number of para-hydroxylation sites is 1. The molecule has 2 aliphatic carbocycles. The monoisotopic (exact) mass is 1010 g/mol. The van der Waals surface area contributed by atoms with E-state index in [9.17, 15) is 0 Å². The van der Waals surface area contributed by atoms with Crippen LogP contribution in [0.4, 0.5) is 34.1 Å². The van der Waals surface area contributed by atoms with Gasteiger partial charge in [-0.2, -0.15) is 0 Å². The lowest BCUT2D eigenvalue weighted by atomic mass is 9.33. The second kappa shape index (κ2) is 16.1. The average molecular weight is 1010 g/mol. The topological polar surface area (TPSA) is 6.48 Å². The Morgan fingerprint density at radius 2 is 0.844 bits per heavy atom. The number of benzene rings is 10. The van der Waals surface area contributed by atoms with Crippen LogP contribution >= 0.6 is 11.3 Å².